The van der Waals surface area contributed by atoms with Crippen molar-refractivity contribution in [2.24, 2.45) is 0 Å². The summed E-state index contributed by atoms with van der Waals surface area (Å²) in [6.07, 6.45) is 10.5. The van der Waals surface area contributed by atoms with Crippen molar-refractivity contribution in [2.45, 2.75) is 26.7 Å². The minimum absolute atomic E-state index is 0.762. The number of hydrogen-bond donors (Lipinski definition) is 0. The highest BCUT2D eigenvalue weighted by Crippen LogP contribution is 2.58. The van der Waals surface area contributed by atoms with Gasteiger partial charge in [-0.25, -0.2) is 0 Å². The van der Waals surface area contributed by atoms with Crippen molar-refractivity contribution in [3.63, 3.8) is 0 Å². The first-order chi connectivity index (χ1) is 26.2. The molecular weight excluding hydrogens is 660 g/mol. The zero-order valence-electron chi connectivity index (χ0n) is 30.1. The maximum atomic E-state index is 6.41. The fraction of sp³-hybridized carbons (Fsp3) is 0.0784. The van der Waals surface area contributed by atoms with E-state index in [1.54, 1.807) is 0 Å². The number of fused-ring (bicyclic) bond motifs is 5. The summed E-state index contributed by atoms with van der Waals surface area (Å²) < 4.78 is 6.41. The molecule has 1 atom stereocenters. The van der Waals surface area contributed by atoms with Crippen LogP contribution in [0.3, 0.4) is 0 Å². The lowest BCUT2D eigenvalue weighted by Gasteiger charge is -2.23. The van der Waals surface area contributed by atoms with E-state index in [1.807, 2.05) is 20.1 Å². The van der Waals surface area contributed by atoms with Crippen molar-refractivity contribution in [2.75, 3.05) is 0 Å². The third-order valence-electron chi connectivity index (χ3n) is 10.4. The monoisotopic (exact) mass is 698 g/mol. The van der Waals surface area contributed by atoms with Gasteiger partial charge in [0, 0.05) is 10.9 Å². The Balaban J connectivity index is 0.00000183. The number of benzene rings is 7. The Hall–Kier alpha value is -5.97. The Morgan fingerprint density at radius 1 is 0.623 bits per heavy atom. The molecule has 53 heavy (non-hydrogen) atoms. The third-order valence-corrected chi connectivity index (χ3v) is 12.9. The summed E-state index contributed by atoms with van der Waals surface area (Å²) in [4.78, 5) is 0. The first-order valence-electron chi connectivity index (χ1n) is 18.6. The van der Waals surface area contributed by atoms with E-state index in [2.05, 4.69) is 170 Å². The van der Waals surface area contributed by atoms with E-state index in [4.69, 9.17) is 4.74 Å². The van der Waals surface area contributed by atoms with Gasteiger partial charge in [-0.15, -0.1) is 5.73 Å². The second-order valence-corrected chi connectivity index (χ2v) is 15.6. The SMILES string of the molecule is C=C1/C=C(P(C2=C=CCC2)c2ccccc2)\C=C/Oc2ccc(-c3c4c(c(-c5ccccc5)c5ccccc35)-c3cccc5cccc-4c35)cc21.CC. The van der Waals surface area contributed by atoms with Crippen LogP contribution in [0.2, 0.25) is 0 Å². The van der Waals surface area contributed by atoms with E-state index < -0.39 is 7.92 Å². The van der Waals surface area contributed by atoms with Gasteiger partial charge in [-0.1, -0.05) is 148 Å². The van der Waals surface area contributed by atoms with E-state index in [9.17, 15) is 0 Å². The van der Waals surface area contributed by atoms with Crippen LogP contribution in [0.1, 0.15) is 32.3 Å². The molecular formula is C51H39OP. The van der Waals surface area contributed by atoms with Gasteiger partial charge in [0.1, 0.15) is 5.75 Å². The average molecular weight is 699 g/mol. The van der Waals surface area contributed by atoms with Crippen LogP contribution in [0, 0.1) is 0 Å². The molecule has 0 saturated heterocycles. The highest BCUT2D eigenvalue weighted by molar-refractivity contribution is 7.73. The lowest BCUT2D eigenvalue weighted by Crippen LogP contribution is -2.04. The number of rotatable bonds is 5. The van der Waals surface area contributed by atoms with Crippen molar-refractivity contribution in [1.82, 2.24) is 0 Å². The molecule has 1 unspecified atom stereocenters. The summed E-state index contributed by atoms with van der Waals surface area (Å²) in [5.41, 5.74) is 15.7. The second kappa shape index (κ2) is 13.9. The van der Waals surface area contributed by atoms with Crippen molar-refractivity contribution >= 4 is 40.3 Å². The van der Waals surface area contributed by atoms with Gasteiger partial charge in [0.05, 0.1) is 6.26 Å². The highest BCUT2D eigenvalue weighted by atomic mass is 31.1. The molecule has 3 aliphatic rings. The molecule has 0 N–H and O–H groups in total. The summed E-state index contributed by atoms with van der Waals surface area (Å²) in [7, 11) is -0.762. The zero-order valence-corrected chi connectivity index (χ0v) is 31.0. The van der Waals surface area contributed by atoms with Gasteiger partial charge >= 0.3 is 0 Å². The maximum Gasteiger partial charge on any atom is 0.134 e. The Morgan fingerprint density at radius 2 is 1.26 bits per heavy atom. The predicted molar refractivity (Wildman–Crippen MR) is 229 cm³/mol. The first-order valence-corrected chi connectivity index (χ1v) is 19.9. The summed E-state index contributed by atoms with van der Waals surface area (Å²) >= 11 is 0. The standard InChI is InChI=1S/C49H33OP.C2H6/c1-32-30-38(51(37-20-8-9-21-37)36-18-6-3-7-19-36)28-29-50-44-27-26-35(31-43(32)44)47-40-23-11-10-22-39(40)46(34-14-4-2-5-15-34)48-41-24-12-16-33-17-13-25-42(45(33)41)49(47)48;1-2/h2-8,10-19,22-31H,1,9,21H2;1-2H3/b29-28-,38-30+;. The van der Waals surface area contributed by atoms with E-state index in [0.717, 1.165) is 35.3 Å². The van der Waals surface area contributed by atoms with Crippen LogP contribution in [-0.2, 0) is 0 Å². The van der Waals surface area contributed by atoms with Crippen molar-refractivity contribution in [1.29, 1.82) is 0 Å². The zero-order chi connectivity index (χ0) is 35.9. The van der Waals surface area contributed by atoms with Gasteiger partial charge in [-0.05, 0) is 133 Å². The molecule has 7 aromatic rings. The topological polar surface area (TPSA) is 9.23 Å². The van der Waals surface area contributed by atoms with Crippen LogP contribution in [0.4, 0.5) is 0 Å². The lowest BCUT2D eigenvalue weighted by atomic mass is 9.82. The third kappa shape index (κ3) is 5.53. The van der Waals surface area contributed by atoms with Crippen LogP contribution < -0.4 is 10.0 Å². The van der Waals surface area contributed by atoms with Crippen LogP contribution in [0.5, 0.6) is 5.75 Å². The summed E-state index contributed by atoms with van der Waals surface area (Å²) in [6.45, 7) is 8.68. The van der Waals surface area contributed by atoms with E-state index in [1.165, 1.54) is 76.4 Å². The lowest BCUT2D eigenvalue weighted by molar-refractivity contribution is 0.479. The largest absolute Gasteiger partial charge is 0.464 e. The van der Waals surface area contributed by atoms with Crippen LogP contribution in [-0.4, -0.2) is 0 Å². The van der Waals surface area contributed by atoms with Crippen molar-refractivity contribution in [3.05, 3.63) is 193 Å². The number of ether oxygens (including phenoxy) is 1. The Bertz CT molecular complexity index is 2700. The highest BCUT2D eigenvalue weighted by Gasteiger charge is 2.31. The summed E-state index contributed by atoms with van der Waals surface area (Å²) in [5.74, 6) is 0.812. The van der Waals surface area contributed by atoms with Crippen molar-refractivity contribution in [3.8, 4) is 50.3 Å². The molecule has 0 radical (unpaired) electrons. The smallest absolute Gasteiger partial charge is 0.134 e. The fourth-order valence-electron chi connectivity index (χ4n) is 8.28. The molecule has 2 heteroatoms. The Kier molecular flexibility index (Phi) is 8.61. The molecule has 0 spiro atoms. The van der Waals surface area contributed by atoms with Gasteiger partial charge in [0.2, 0.25) is 0 Å². The molecule has 0 aromatic heterocycles. The Morgan fingerprint density at radius 3 is 1.92 bits per heavy atom. The van der Waals surface area contributed by atoms with Crippen LogP contribution in [0.15, 0.2) is 187 Å². The van der Waals surface area contributed by atoms with Crippen molar-refractivity contribution < 1.29 is 4.74 Å². The van der Waals surface area contributed by atoms with Crippen LogP contribution >= 0.6 is 7.92 Å². The molecule has 254 valence electrons. The molecule has 2 aliphatic carbocycles. The van der Waals surface area contributed by atoms with E-state index in [-0.39, 0.29) is 0 Å². The quantitative estimate of drug-likeness (QED) is 0.128. The minimum Gasteiger partial charge on any atom is -0.464 e. The fourth-order valence-corrected chi connectivity index (χ4v) is 10.7. The Labute approximate surface area is 313 Å². The molecule has 0 fully saturated rings. The molecule has 0 amide bonds. The van der Waals surface area contributed by atoms with E-state index >= 15 is 0 Å². The van der Waals surface area contributed by atoms with E-state index in [0.29, 0.717) is 0 Å². The van der Waals surface area contributed by atoms with Gasteiger partial charge < -0.3 is 4.74 Å². The molecule has 0 bridgehead atoms. The number of hydrogen-bond acceptors (Lipinski definition) is 1. The second-order valence-electron chi connectivity index (χ2n) is 13.4. The molecule has 1 nitrogen and oxygen atoms in total. The van der Waals surface area contributed by atoms with Gasteiger partial charge in [-0.3, -0.25) is 0 Å². The predicted octanol–water partition coefficient (Wildman–Crippen LogP) is 14.4. The van der Waals surface area contributed by atoms with Gasteiger partial charge in [0.25, 0.3) is 0 Å². The molecule has 1 heterocycles. The van der Waals surface area contributed by atoms with Crippen LogP contribution in [0.25, 0.3) is 71.6 Å². The molecule has 7 aromatic carbocycles. The number of allylic oxidation sites excluding steroid dienone is 5. The molecule has 10 rings (SSSR count). The maximum absolute atomic E-state index is 6.41. The average Bonchev–Trinajstić information content (AvgIpc) is 3.86. The van der Waals surface area contributed by atoms with Gasteiger partial charge in [0.15, 0.2) is 0 Å². The molecule has 0 saturated carbocycles. The van der Waals surface area contributed by atoms with Gasteiger partial charge in [-0.2, -0.15) is 0 Å². The normalized spacial score (nSPS) is 15.9. The minimum atomic E-state index is -0.762. The molecule has 1 aliphatic heterocycles. The summed E-state index contributed by atoms with van der Waals surface area (Å²) in [5, 5.41) is 8.98. The first kappa shape index (κ1) is 32.9. The summed E-state index contributed by atoms with van der Waals surface area (Å²) in [6, 6.07) is 50.8.